The quantitative estimate of drug-likeness (QED) is 0.606. The summed E-state index contributed by atoms with van der Waals surface area (Å²) in [6.07, 6.45) is 1.50. The standard InChI is InChI=1S/C22H26N4O5/c1-2-30-21(28)19-15(23-22(29)24-20(19)18-8-5-13-31-18)14-25-9-11-26(12-10-25)16-6-3-4-7-17(16)27/h3-8,13,20,27H,2,9-12,14H2,1H3,(H2,23,24,29). The first-order valence-electron chi connectivity index (χ1n) is 10.3. The number of aromatic hydroxyl groups is 1. The van der Waals surface area contributed by atoms with Gasteiger partial charge in [0.1, 0.15) is 17.6 Å². The number of carbonyl (C=O) groups is 2. The number of nitrogens with zero attached hydrogens (tertiary/aromatic N) is 2. The number of furan rings is 1. The molecule has 1 aromatic carbocycles. The first-order chi connectivity index (χ1) is 15.1. The molecule has 0 saturated carbocycles. The molecule has 9 heteroatoms. The molecule has 1 atom stereocenters. The molecule has 2 amide bonds. The molecule has 1 fully saturated rings. The zero-order valence-corrected chi connectivity index (χ0v) is 17.3. The van der Waals surface area contributed by atoms with Crippen LogP contribution in [0.15, 0.2) is 58.3 Å². The maximum absolute atomic E-state index is 12.8. The van der Waals surface area contributed by atoms with Crippen LogP contribution >= 0.6 is 0 Å². The predicted molar refractivity (Wildman–Crippen MR) is 114 cm³/mol. The highest BCUT2D eigenvalue weighted by atomic mass is 16.5. The van der Waals surface area contributed by atoms with Crippen molar-refractivity contribution in [1.29, 1.82) is 0 Å². The molecule has 0 spiro atoms. The highest BCUT2D eigenvalue weighted by molar-refractivity contribution is 5.95. The molecule has 31 heavy (non-hydrogen) atoms. The van der Waals surface area contributed by atoms with Crippen LogP contribution in [0.4, 0.5) is 10.5 Å². The number of para-hydroxylation sites is 2. The molecular formula is C22H26N4O5. The van der Waals surface area contributed by atoms with Crippen LogP contribution < -0.4 is 15.5 Å². The minimum absolute atomic E-state index is 0.230. The van der Waals surface area contributed by atoms with Gasteiger partial charge in [0.25, 0.3) is 0 Å². The van der Waals surface area contributed by atoms with Gasteiger partial charge in [0, 0.05) is 38.4 Å². The number of benzene rings is 1. The molecule has 1 saturated heterocycles. The van der Waals surface area contributed by atoms with Gasteiger partial charge < -0.3 is 29.8 Å². The summed E-state index contributed by atoms with van der Waals surface area (Å²) in [5.74, 6) is 0.245. The minimum Gasteiger partial charge on any atom is -0.506 e. The van der Waals surface area contributed by atoms with Gasteiger partial charge in [-0.3, -0.25) is 4.90 Å². The number of esters is 1. The lowest BCUT2D eigenvalue weighted by molar-refractivity contribution is -0.139. The number of rotatable bonds is 6. The van der Waals surface area contributed by atoms with Crippen LogP contribution in [0.3, 0.4) is 0 Å². The Labute approximate surface area is 180 Å². The summed E-state index contributed by atoms with van der Waals surface area (Å²) >= 11 is 0. The Morgan fingerprint density at radius 1 is 1.19 bits per heavy atom. The summed E-state index contributed by atoms with van der Waals surface area (Å²) < 4.78 is 10.7. The van der Waals surface area contributed by atoms with Crippen LogP contribution in [0, 0.1) is 0 Å². The van der Waals surface area contributed by atoms with Gasteiger partial charge >= 0.3 is 12.0 Å². The number of amides is 2. The van der Waals surface area contributed by atoms with Crippen LogP contribution in [0.5, 0.6) is 5.75 Å². The van der Waals surface area contributed by atoms with Gasteiger partial charge in [-0.25, -0.2) is 9.59 Å². The van der Waals surface area contributed by atoms with Crippen molar-refractivity contribution in [3.63, 3.8) is 0 Å². The Balaban J connectivity index is 1.53. The SMILES string of the molecule is CCOC(=O)C1=C(CN2CCN(c3ccccc3O)CC2)NC(=O)NC1c1ccco1. The smallest absolute Gasteiger partial charge is 0.338 e. The van der Waals surface area contributed by atoms with E-state index in [0.29, 0.717) is 49.8 Å². The number of urea groups is 1. The lowest BCUT2D eigenvalue weighted by Gasteiger charge is -2.37. The Hall–Kier alpha value is -3.46. The number of hydrogen-bond acceptors (Lipinski definition) is 7. The average molecular weight is 426 g/mol. The molecule has 2 aromatic rings. The van der Waals surface area contributed by atoms with Crippen molar-refractivity contribution in [2.45, 2.75) is 13.0 Å². The second kappa shape index (κ2) is 9.13. The van der Waals surface area contributed by atoms with E-state index in [1.54, 1.807) is 31.2 Å². The number of nitrogens with one attached hydrogen (secondary N) is 2. The molecule has 4 rings (SSSR count). The molecule has 0 aliphatic carbocycles. The molecule has 1 unspecified atom stereocenters. The van der Waals surface area contributed by atoms with Crippen LogP contribution in [0.1, 0.15) is 18.7 Å². The monoisotopic (exact) mass is 426 g/mol. The van der Waals surface area contributed by atoms with Gasteiger partial charge in [0.2, 0.25) is 0 Å². The fraction of sp³-hybridized carbons (Fsp3) is 0.364. The zero-order chi connectivity index (χ0) is 21.8. The molecule has 0 radical (unpaired) electrons. The van der Waals surface area contributed by atoms with Gasteiger partial charge in [-0.05, 0) is 31.2 Å². The average Bonchev–Trinajstić information content (AvgIpc) is 3.29. The first kappa shape index (κ1) is 20.8. The highest BCUT2D eigenvalue weighted by Gasteiger charge is 2.36. The third-order valence-corrected chi connectivity index (χ3v) is 5.45. The molecule has 9 nitrogen and oxygen atoms in total. The third-order valence-electron chi connectivity index (χ3n) is 5.45. The Bertz CT molecular complexity index is 964. The molecule has 2 aliphatic rings. The van der Waals surface area contributed by atoms with Crippen molar-refractivity contribution in [3.05, 3.63) is 59.7 Å². The maximum Gasteiger partial charge on any atom is 0.338 e. The lowest BCUT2D eigenvalue weighted by atomic mass is 9.99. The molecule has 0 bridgehead atoms. The number of phenols is 1. The van der Waals surface area contributed by atoms with Crippen molar-refractivity contribution in [2.75, 3.05) is 44.2 Å². The Kier molecular flexibility index (Phi) is 6.13. The maximum atomic E-state index is 12.8. The van der Waals surface area contributed by atoms with E-state index >= 15 is 0 Å². The predicted octanol–water partition coefficient (Wildman–Crippen LogP) is 1.98. The number of phenolic OH excluding ortho intramolecular Hbond substituents is 1. The van der Waals surface area contributed by atoms with E-state index in [4.69, 9.17) is 9.15 Å². The molecule has 1 aromatic heterocycles. The molecule has 164 valence electrons. The van der Waals surface area contributed by atoms with Crippen molar-refractivity contribution in [2.24, 2.45) is 0 Å². The van der Waals surface area contributed by atoms with Crippen LogP contribution in [-0.2, 0) is 9.53 Å². The number of piperazine rings is 1. The van der Waals surface area contributed by atoms with E-state index in [1.165, 1.54) is 6.26 Å². The van der Waals surface area contributed by atoms with Gasteiger partial charge in [-0.2, -0.15) is 0 Å². The van der Waals surface area contributed by atoms with E-state index < -0.39 is 18.0 Å². The van der Waals surface area contributed by atoms with E-state index in [1.807, 2.05) is 12.1 Å². The normalized spacial score (nSPS) is 19.7. The van der Waals surface area contributed by atoms with Crippen LogP contribution in [-0.4, -0.2) is 61.3 Å². The van der Waals surface area contributed by atoms with Crippen LogP contribution in [0.2, 0.25) is 0 Å². The van der Waals surface area contributed by atoms with Crippen molar-refractivity contribution in [3.8, 4) is 5.75 Å². The summed E-state index contributed by atoms with van der Waals surface area (Å²) in [6.45, 7) is 5.22. The van der Waals surface area contributed by atoms with Crippen molar-refractivity contribution in [1.82, 2.24) is 15.5 Å². The van der Waals surface area contributed by atoms with E-state index in [-0.39, 0.29) is 12.4 Å². The topological polar surface area (TPSA) is 107 Å². The minimum atomic E-state index is -0.708. The zero-order valence-electron chi connectivity index (χ0n) is 17.3. The number of carbonyl (C=O) groups excluding carboxylic acids is 2. The van der Waals surface area contributed by atoms with E-state index in [0.717, 1.165) is 5.69 Å². The molecule has 3 N–H and O–H groups in total. The van der Waals surface area contributed by atoms with Gasteiger partial charge in [-0.1, -0.05) is 12.1 Å². The Morgan fingerprint density at radius 2 is 1.97 bits per heavy atom. The van der Waals surface area contributed by atoms with E-state index in [9.17, 15) is 14.7 Å². The molecule has 3 heterocycles. The highest BCUT2D eigenvalue weighted by Crippen LogP contribution is 2.30. The van der Waals surface area contributed by atoms with Gasteiger partial charge in [0.15, 0.2) is 0 Å². The van der Waals surface area contributed by atoms with E-state index in [2.05, 4.69) is 20.4 Å². The van der Waals surface area contributed by atoms with Crippen molar-refractivity contribution >= 4 is 17.7 Å². The second-order valence-electron chi connectivity index (χ2n) is 7.41. The molecule has 2 aliphatic heterocycles. The van der Waals surface area contributed by atoms with Crippen LogP contribution in [0.25, 0.3) is 0 Å². The van der Waals surface area contributed by atoms with Gasteiger partial charge in [0.05, 0.1) is 24.1 Å². The number of ether oxygens (including phenoxy) is 1. The largest absolute Gasteiger partial charge is 0.506 e. The lowest BCUT2D eigenvalue weighted by Crippen LogP contribution is -2.51. The summed E-state index contributed by atoms with van der Waals surface area (Å²) in [7, 11) is 0. The first-order valence-corrected chi connectivity index (χ1v) is 10.3. The summed E-state index contributed by atoms with van der Waals surface area (Å²) in [4.78, 5) is 29.4. The summed E-state index contributed by atoms with van der Waals surface area (Å²) in [6, 6.07) is 9.61. The fourth-order valence-electron chi connectivity index (χ4n) is 3.96. The summed E-state index contributed by atoms with van der Waals surface area (Å²) in [5.41, 5.74) is 1.67. The number of hydrogen-bond donors (Lipinski definition) is 3. The fourth-order valence-corrected chi connectivity index (χ4v) is 3.96. The Morgan fingerprint density at radius 3 is 2.65 bits per heavy atom. The third kappa shape index (κ3) is 4.51. The second-order valence-corrected chi connectivity index (χ2v) is 7.41. The molecular weight excluding hydrogens is 400 g/mol. The summed E-state index contributed by atoms with van der Waals surface area (Å²) in [5, 5.41) is 15.6. The number of anilines is 1. The van der Waals surface area contributed by atoms with Crippen molar-refractivity contribution < 1.29 is 23.8 Å². The van der Waals surface area contributed by atoms with Gasteiger partial charge in [-0.15, -0.1) is 0 Å².